The van der Waals surface area contributed by atoms with Crippen LogP contribution in [0.15, 0.2) is 30.6 Å². The van der Waals surface area contributed by atoms with E-state index < -0.39 is 40.8 Å². The zero-order chi connectivity index (χ0) is 33.2. The lowest BCUT2D eigenvalue weighted by molar-refractivity contribution is 0.0504. The van der Waals surface area contributed by atoms with Crippen LogP contribution in [-0.2, 0) is 10.3 Å². The fraction of sp³-hybridized carbons (Fsp3) is 0.613. The van der Waals surface area contributed by atoms with E-state index in [1.165, 1.54) is 4.80 Å². The minimum absolute atomic E-state index is 0.0936. The molecule has 0 aliphatic carbocycles. The van der Waals surface area contributed by atoms with Gasteiger partial charge in [0.05, 0.1) is 31.1 Å². The first-order valence-electron chi connectivity index (χ1n) is 15.6. The van der Waals surface area contributed by atoms with Gasteiger partial charge in [-0.2, -0.15) is 4.80 Å². The zero-order valence-electron chi connectivity index (χ0n) is 27.2. The average Bonchev–Trinajstić information content (AvgIpc) is 3.67. The first-order valence-corrected chi connectivity index (χ1v) is 15.6. The van der Waals surface area contributed by atoms with Crippen LogP contribution in [0.25, 0.3) is 0 Å². The van der Waals surface area contributed by atoms with E-state index in [9.17, 15) is 18.7 Å². The molecule has 0 bridgehead atoms. The van der Waals surface area contributed by atoms with E-state index in [4.69, 9.17) is 9.47 Å². The van der Waals surface area contributed by atoms with Crippen LogP contribution >= 0.6 is 0 Å². The lowest BCUT2D eigenvalue weighted by atomic mass is 9.92. The number of ether oxygens (including phenoxy) is 2. The van der Waals surface area contributed by atoms with Crippen LogP contribution in [0.2, 0.25) is 0 Å². The summed E-state index contributed by atoms with van der Waals surface area (Å²) >= 11 is 0. The molecule has 2 aromatic heterocycles. The molecule has 1 amide bonds. The number of aliphatic hydroxyl groups is 1. The molecule has 0 saturated carbocycles. The Hall–Kier alpha value is -4.14. The smallest absolute Gasteiger partial charge is 0.407 e. The Morgan fingerprint density at radius 3 is 2.41 bits per heavy atom. The molecule has 250 valence electrons. The van der Waals surface area contributed by atoms with Crippen molar-refractivity contribution in [3.63, 3.8) is 0 Å². The molecule has 15 heteroatoms. The number of tetrazole rings is 1. The number of aromatic nitrogens is 6. The van der Waals surface area contributed by atoms with Gasteiger partial charge in [0.2, 0.25) is 5.95 Å². The number of nitrogens with zero attached hydrogens (tertiary/aromatic N) is 8. The maximum absolute atomic E-state index is 14.8. The number of piperidine rings is 1. The van der Waals surface area contributed by atoms with Gasteiger partial charge in [0.25, 0.3) is 5.95 Å². The van der Waals surface area contributed by atoms with E-state index in [0.717, 1.165) is 44.1 Å². The lowest BCUT2D eigenvalue weighted by Gasteiger charge is -2.34. The van der Waals surface area contributed by atoms with Crippen LogP contribution in [-0.4, -0.2) is 91.9 Å². The SMILES string of the molecule is CC(Oc1cnc(N2CC(NC(=O)OC(C)(C)C)C(c3cc(F)ccc3F)C2)nc1)C1CCN(c2nnn(C(C)(C)CO)n2)CC1. The predicted molar refractivity (Wildman–Crippen MR) is 166 cm³/mol. The van der Waals surface area contributed by atoms with E-state index in [0.29, 0.717) is 23.6 Å². The first kappa shape index (κ1) is 33.2. The Kier molecular flexibility index (Phi) is 9.61. The molecular formula is C31H43F2N9O4. The highest BCUT2D eigenvalue weighted by Gasteiger charge is 2.38. The molecule has 3 atom stereocenters. The second-order valence-electron chi connectivity index (χ2n) is 13.6. The van der Waals surface area contributed by atoms with Gasteiger partial charge in [-0.15, -0.1) is 5.10 Å². The number of carbonyl (C=O) groups excluding carboxylic acids is 1. The van der Waals surface area contributed by atoms with Crippen molar-refractivity contribution in [1.82, 2.24) is 35.5 Å². The van der Waals surface area contributed by atoms with E-state index >= 15 is 0 Å². The number of benzene rings is 1. The Morgan fingerprint density at radius 1 is 1.07 bits per heavy atom. The Balaban J connectivity index is 1.19. The normalized spacial score (nSPS) is 20.1. The van der Waals surface area contributed by atoms with Crippen LogP contribution < -0.4 is 19.9 Å². The van der Waals surface area contributed by atoms with Gasteiger partial charge in [0.1, 0.15) is 22.8 Å². The summed E-state index contributed by atoms with van der Waals surface area (Å²) in [5.41, 5.74) is -1.18. The highest BCUT2D eigenvalue weighted by atomic mass is 19.1. The standard InChI is InChI=1S/C31H43F2N9O4/c1-19(20-9-11-40(12-10-20)28-37-39-42(38-28)31(5,6)18-43)45-22-14-34-27(35-15-22)41-16-24(23-13-21(32)7-8-25(23)33)26(17-41)36-29(44)46-30(2,3)4/h7-8,13-15,19-20,24,26,43H,9-12,16-18H2,1-6H3,(H,36,44). The van der Waals surface area contributed by atoms with Gasteiger partial charge in [0, 0.05) is 32.1 Å². The molecule has 0 spiro atoms. The third-order valence-corrected chi connectivity index (χ3v) is 8.42. The quantitative estimate of drug-likeness (QED) is 0.353. The van der Waals surface area contributed by atoms with Crippen molar-refractivity contribution in [2.24, 2.45) is 5.92 Å². The number of nitrogens with one attached hydrogen (secondary N) is 1. The summed E-state index contributed by atoms with van der Waals surface area (Å²) in [5, 5.41) is 25.2. The number of amides is 1. The van der Waals surface area contributed by atoms with Crippen LogP contribution in [0.3, 0.4) is 0 Å². The lowest BCUT2D eigenvalue weighted by Crippen LogP contribution is -2.43. The molecule has 46 heavy (non-hydrogen) atoms. The minimum Gasteiger partial charge on any atom is -0.487 e. The zero-order valence-corrected chi connectivity index (χ0v) is 27.2. The number of aliphatic hydroxyl groups excluding tert-OH is 1. The summed E-state index contributed by atoms with van der Waals surface area (Å²) in [4.78, 5) is 27.0. The Bertz CT molecular complexity index is 1490. The van der Waals surface area contributed by atoms with Gasteiger partial charge in [-0.05, 0) is 89.3 Å². The largest absolute Gasteiger partial charge is 0.487 e. The van der Waals surface area contributed by atoms with Crippen LogP contribution in [0.1, 0.15) is 65.9 Å². The second-order valence-corrected chi connectivity index (χ2v) is 13.6. The second kappa shape index (κ2) is 13.3. The van der Waals surface area contributed by atoms with Gasteiger partial charge in [-0.25, -0.2) is 23.5 Å². The van der Waals surface area contributed by atoms with Crippen molar-refractivity contribution >= 4 is 18.0 Å². The maximum atomic E-state index is 14.8. The Morgan fingerprint density at radius 2 is 1.76 bits per heavy atom. The topological polar surface area (TPSA) is 144 Å². The number of halogens is 2. The van der Waals surface area contributed by atoms with Crippen LogP contribution in [0, 0.1) is 17.6 Å². The third-order valence-electron chi connectivity index (χ3n) is 8.42. The van der Waals surface area contributed by atoms with E-state index in [2.05, 4.69) is 35.6 Å². The molecule has 5 rings (SSSR count). The van der Waals surface area contributed by atoms with Crippen LogP contribution in [0.5, 0.6) is 5.75 Å². The molecule has 3 unspecified atom stereocenters. The summed E-state index contributed by atoms with van der Waals surface area (Å²) in [6, 6.07) is 2.75. The molecule has 2 aliphatic rings. The van der Waals surface area contributed by atoms with Crippen molar-refractivity contribution in [2.75, 3.05) is 42.6 Å². The molecule has 13 nitrogen and oxygen atoms in total. The van der Waals surface area contributed by atoms with Gasteiger partial charge < -0.3 is 29.7 Å². The van der Waals surface area contributed by atoms with Gasteiger partial charge in [-0.1, -0.05) is 5.10 Å². The average molecular weight is 644 g/mol. The molecule has 2 saturated heterocycles. The molecule has 4 heterocycles. The number of hydrogen-bond donors (Lipinski definition) is 2. The number of anilines is 2. The number of rotatable bonds is 9. The molecule has 2 aliphatic heterocycles. The highest BCUT2D eigenvalue weighted by molar-refractivity contribution is 5.68. The fourth-order valence-electron chi connectivity index (χ4n) is 5.75. The van der Waals surface area contributed by atoms with Crippen molar-refractivity contribution < 1.29 is 28.2 Å². The Labute approximate surface area is 267 Å². The maximum Gasteiger partial charge on any atom is 0.407 e. The molecular weight excluding hydrogens is 600 g/mol. The number of hydrogen-bond acceptors (Lipinski definition) is 11. The molecule has 1 aromatic carbocycles. The monoisotopic (exact) mass is 643 g/mol. The summed E-state index contributed by atoms with van der Waals surface area (Å²) in [7, 11) is 0. The van der Waals surface area contributed by atoms with E-state index in [-0.39, 0.29) is 31.4 Å². The molecule has 2 fully saturated rings. The third kappa shape index (κ3) is 7.80. The number of carbonyl (C=O) groups is 1. The van der Waals surface area contributed by atoms with Gasteiger partial charge in [-0.3, -0.25) is 0 Å². The summed E-state index contributed by atoms with van der Waals surface area (Å²) < 4.78 is 40.6. The number of alkyl carbamates (subject to hydrolysis) is 1. The molecule has 0 radical (unpaired) electrons. The fourth-order valence-corrected chi connectivity index (χ4v) is 5.75. The molecule has 2 N–H and O–H groups in total. The van der Waals surface area contributed by atoms with Crippen molar-refractivity contribution in [3.05, 3.63) is 47.8 Å². The molecule has 3 aromatic rings. The van der Waals surface area contributed by atoms with Crippen molar-refractivity contribution in [2.45, 2.75) is 83.6 Å². The van der Waals surface area contributed by atoms with E-state index in [1.807, 2.05) is 25.7 Å². The summed E-state index contributed by atoms with van der Waals surface area (Å²) in [6.45, 7) is 12.9. The van der Waals surface area contributed by atoms with Crippen LogP contribution in [0.4, 0.5) is 25.5 Å². The van der Waals surface area contributed by atoms with E-state index in [1.54, 1.807) is 33.2 Å². The first-order chi connectivity index (χ1) is 21.7. The minimum atomic E-state index is -0.716. The summed E-state index contributed by atoms with van der Waals surface area (Å²) in [5.74, 6) is 0.0651. The van der Waals surface area contributed by atoms with Crippen molar-refractivity contribution in [1.29, 1.82) is 0 Å². The highest BCUT2D eigenvalue weighted by Crippen LogP contribution is 2.33. The predicted octanol–water partition coefficient (Wildman–Crippen LogP) is 3.65. The van der Waals surface area contributed by atoms with Gasteiger partial charge >= 0.3 is 6.09 Å². The summed E-state index contributed by atoms with van der Waals surface area (Å²) in [6.07, 6.45) is 4.21. The van der Waals surface area contributed by atoms with Crippen molar-refractivity contribution in [3.8, 4) is 5.75 Å². The van der Waals surface area contributed by atoms with Gasteiger partial charge in [0.15, 0.2) is 5.75 Å².